The summed E-state index contributed by atoms with van der Waals surface area (Å²) in [5, 5.41) is 9.81. The number of fused-ring (bicyclic) bond motifs is 1. The van der Waals surface area contributed by atoms with Crippen molar-refractivity contribution in [2.45, 2.75) is 25.2 Å². The fourth-order valence-electron chi connectivity index (χ4n) is 4.76. The molecule has 2 aromatic carbocycles. The molecule has 1 amide bonds. The molecular formula is C22H23NO3. The Morgan fingerprint density at radius 2 is 1.58 bits per heavy atom. The molecule has 4 nitrogen and oxygen atoms in total. The highest BCUT2D eigenvalue weighted by Crippen LogP contribution is 2.49. The molecule has 2 aromatic rings. The van der Waals surface area contributed by atoms with Gasteiger partial charge in [-0.2, -0.15) is 0 Å². The third kappa shape index (κ3) is 2.70. The summed E-state index contributed by atoms with van der Waals surface area (Å²) in [5.41, 5.74) is 1.16. The molecule has 0 aromatic heterocycles. The van der Waals surface area contributed by atoms with Crippen LogP contribution in [0.5, 0.6) is 0 Å². The van der Waals surface area contributed by atoms with Gasteiger partial charge < -0.3 is 10.0 Å². The highest BCUT2D eigenvalue weighted by molar-refractivity contribution is 5.89. The number of aliphatic carboxylic acids is 1. The summed E-state index contributed by atoms with van der Waals surface area (Å²) < 4.78 is 0. The van der Waals surface area contributed by atoms with Gasteiger partial charge in [-0.05, 0) is 29.9 Å². The lowest BCUT2D eigenvalue weighted by Gasteiger charge is -2.26. The van der Waals surface area contributed by atoms with Gasteiger partial charge in [-0.15, -0.1) is 0 Å². The normalized spacial score (nSPS) is 24.7. The van der Waals surface area contributed by atoms with E-state index in [9.17, 15) is 14.7 Å². The van der Waals surface area contributed by atoms with Crippen molar-refractivity contribution >= 4 is 11.9 Å². The van der Waals surface area contributed by atoms with Gasteiger partial charge in [0.15, 0.2) is 0 Å². The van der Waals surface area contributed by atoms with E-state index in [2.05, 4.69) is 0 Å². The molecule has 1 N–H and O–H groups in total. The number of benzene rings is 2. The Morgan fingerprint density at radius 1 is 1.00 bits per heavy atom. The van der Waals surface area contributed by atoms with Crippen molar-refractivity contribution in [2.24, 2.45) is 11.3 Å². The van der Waals surface area contributed by atoms with Gasteiger partial charge in [0, 0.05) is 13.1 Å². The lowest BCUT2D eigenvalue weighted by Crippen LogP contribution is -2.39. The van der Waals surface area contributed by atoms with E-state index in [1.165, 1.54) is 0 Å². The Kier molecular flexibility index (Phi) is 4.27. The van der Waals surface area contributed by atoms with E-state index in [1.54, 1.807) is 4.90 Å². The molecule has 1 heterocycles. The van der Waals surface area contributed by atoms with Crippen molar-refractivity contribution in [3.63, 3.8) is 0 Å². The van der Waals surface area contributed by atoms with Crippen molar-refractivity contribution in [1.29, 1.82) is 0 Å². The second kappa shape index (κ2) is 6.60. The smallest absolute Gasteiger partial charge is 0.311 e. The van der Waals surface area contributed by atoms with E-state index < -0.39 is 11.4 Å². The average Bonchev–Trinajstić information content (AvgIpc) is 3.22. The molecule has 0 radical (unpaired) electrons. The number of amides is 1. The van der Waals surface area contributed by atoms with Crippen LogP contribution in [0.25, 0.3) is 0 Å². The number of nitrogens with zero attached hydrogens (tertiary/aromatic N) is 1. The Bertz CT molecular complexity index is 765. The first-order chi connectivity index (χ1) is 12.6. The topological polar surface area (TPSA) is 57.6 Å². The van der Waals surface area contributed by atoms with Crippen LogP contribution in [0.3, 0.4) is 0 Å². The van der Waals surface area contributed by atoms with Crippen LogP contribution < -0.4 is 0 Å². The van der Waals surface area contributed by atoms with Gasteiger partial charge in [0.1, 0.15) is 0 Å². The van der Waals surface area contributed by atoms with Gasteiger partial charge in [0.05, 0.1) is 11.3 Å². The zero-order valence-electron chi connectivity index (χ0n) is 14.7. The largest absolute Gasteiger partial charge is 0.481 e. The van der Waals surface area contributed by atoms with E-state index in [1.807, 2.05) is 60.7 Å². The quantitative estimate of drug-likeness (QED) is 0.919. The zero-order chi connectivity index (χ0) is 18.1. The molecule has 1 saturated carbocycles. The number of carboxylic acid groups (broad SMARTS) is 1. The Labute approximate surface area is 153 Å². The summed E-state index contributed by atoms with van der Waals surface area (Å²) in [6.07, 6.45) is 2.52. The van der Waals surface area contributed by atoms with Crippen LogP contribution in [-0.4, -0.2) is 35.0 Å². The summed E-state index contributed by atoms with van der Waals surface area (Å²) in [4.78, 5) is 27.2. The number of hydrogen-bond donors (Lipinski definition) is 1. The first-order valence-electron chi connectivity index (χ1n) is 9.24. The van der Waals surface area contributed by atoms with Crippen LogP contribution in [0.4, 0.5) is 0 Å². The second-order valence-electron chi connectivity index (χ2n) is 7.52. The minimum absolute atomic E-state index is 0.0115. The molecule has 4 rings (SSSR count). The fraction of sp³-hybridized carbons (Fsp3) is 0.364. The Morgan fingerprint density at radius 3 is 2.08 bits per heavy atom. The van der Waals surface area contributed by atoms with Crippen LogP contribution in [0.15, 0.2) is 60.7 Å². The second-order valence-corrected chi connectivity index (χ2v) is 7.52. The van der Waals surface area contributed by atoms with Gasteiger partial charge in [-0.3, -0.25) is 9.59 Å². The van der Waals surface area contributed by atoms with Gasteiger partial charge in [0.25, 0.3) is 0 Å². The molecule has 0 bridgehead atoms. The van der Waals surface area contributed by atoms with Crippen LogP contribution in [0.1, 0.15) is 36.3 Å². The monoisotopic (exact) mass is 349 g/mol. The third-order valence-corrected chi connectivity index (χ3v) is 6.12. The summed E-state index contributed by atoms with van der Waals surface area (Å²) in [6, 6.07) is 19.5. The van der Waals surface area contributed by atoms with E-state index in [0.29, 0.717) is 19.5 Å². The highest BCUT2D eigenvalue weighted by Gasteiger charge is 2.56. The van der Waals surface area contributed by atoms with Crippen molar-refractivity contribution in [3.8, 4) is 0 Å². The molecular weight excluding hydrogens is 326 g/mol. The van der Waals surface area contributed by atoms with Crippen LogP contribution in [0, 0.1) is 11.3 Å². The van der Waals surface area contributed by atoms with Gasteiger partial charge in [0.2, 0.25) is 5.91 Å². The Hall–Kier alpha value is -2.62. The molecule has 0 unspecified atom stereocenters. The summed E-state index contributed by atoms with van der Waals surface area (Å²) in [7, 11) is 0. The van der Waals surface area contributed by atoms with Gasteiger partial charge in [-0.25, -0.2) is 0 Å². The molecule has 2 fully saturated rings. The van der Waals surface area contributed by atoms with Crippen molar-refractivity contribution < 1.29 is 14.7 Å². The molecule has 2 atom stereocenters. The first-order valence-corrected chi connectivity index (χ1v) is 9.24. The van der Waals surface area contributed by atoms with E-state index in [-0.39, 0.29) is 17.7 Å². The first kappa shape index (κ1) is 16.8. The van der Waals surface area contributed by atoms with Crippen molar-refractivity contribution in [2.75, 3.05) is 13.1 Å². The number of hydrogen-bond acceptors (Lipinski definition) is 2. The number of likely N-dealkylation sites (tertiary alicyclic amines) is 1. The summed E-state index contributed by atoms with van der Waals surface area (Å²) >= 11 is 0. The maximum Gasteiger partial charge on any atom is 0.311 e. The molecule has 1 saturated heterocycles. The number of rotatable bonds is 4. The fourth-order valence-corrected chi connectivity index (χ4v) is 4.76. The SMILES string of the molecule is O=C(C(c1ccccc1)c1ccccc1)N1C[C@@H]2CCC[C@@]2(C(=O)O)C1. The number of carboxylic acids is 1. The predicted molar refractivity (Wildman–Crippen MR) is 98.7 cm³/mol. The van der Waals surface area contributed by atoms with Gasteiger partial charge in [-0.1, -0.05) is 67.1 Å². The summed E-state index contributed by atoms with van der Waals surface area (Å²) in [6.45, 7) is 0.892. The molecule has 1 aliphatic carbocycles. The summed E-state index contributed by atoms with van der Waals surface area (Å²) in [5.74, 6) is -1.04. The zero-order valence-corrected chi connectivity index (χ0v) is 14.7. The Balaban J connectivity index is 1.67. The highest BCUT2D eigenvalue weighted by atomic mass is 16.4. The minimum Gasteiger partial charge on any atom is -0.481 e. The van der Waals surface area contributed by atoms with Crippen molar-refractivity contribution in [3.05, 3.63) is 71.8 Å². The van der Waals surface area contributed by atoms with E-state index in [0.717, 1.165) is 24.0 Å². The number of carbonyl (C=O) groups is 2. The molecule has 4 heteroatoms. The maximum atomic E-state index is 13.5. The van der Waals surface area contributed by atoms with Crippen LogP contribution in [0.2, 0.25) is 0 Å². The standard InChI is InChI=1S/C22H23NO3/c24-20(23-14-18-12-7-13-22(18,15-23)21(25)26)19(16-8-3-1-4-9-16)17-10-5-2-6-11-17/h1-6,8-11,18-19H,7,12-15H2,(H,25,26)/t18-,22+/m0/s1. The predicted octanol–water partition coefficient (Wildman–Crippen LogP) is 3.53. The lowest BCUT2D eigenvalue weighted by atomic mass is 9.81. The lowest BCUT2D eigenvalue weighted by molar-refractivity contribution is -0.149. The maximum absolute atomic E-state index is 13.5. The molecule has 2 aliphatic rings. The average molecular weight is 349 g/mol. The molecule has 26 heavy (non-hydrogen) atoms. The molecule has 134 valence electrons. The van der Waals surface area contributed by atoms with E-state index >= 15 is 0 Å². The van der Waals surface area contributed by atoms with Crippen LogP contribution in [-0.2, 0) is 9.59 Å². The molecule has 0 spiro atoms. The van der Waals surface area contributed by atoms with E-state index in [4.69, 9.17) is 0 Å². The van der Waals surface area contributed by atoms with Crippen molar-refractivity contribution in [1.82, 2.24) is 4.90 Å². The minimum atomic E-state index is -0.744. The third-order valence-electron chi connectivity index (χ3n) is 6.12. The van der Waals surface area contributed by atoms with Gasteiger partial charge >= 0.3 is 5.97 Å². The number of carbonyl (C=O) groups excluding carboxylic acids is 1. The van der Waals surface area contributed by atoms with Crippen LogP contribution >= 0.6 is 0 Å². The molecule has 1 aliphatic heterocycles.